The highest BCUT2D eigenvalue weighted by Crippen LogP contribution is 2.22. The average Bonchev–Trinajstić information content (AvgIpc) is 2.35. The molecule has 6 heteroatoms. The van der Waals surface area contributed by atoms with Crippen LogP contribution >= 0.6 is 23.2 Å². The zero-order chi connectivity index (χ0) is 14.4. The SMILES string of the molecule is CCCNC(=O)[C@@H](C)OC(=O)c1ccc(Cl)cc1Cl. The predicted octanol–water partition coefficient (Wildman–Crippen LogP) is 3.06. The maximum absolute atomic E-state index is 11.8. The third-order valence-corrected chi connectivity index (χ3v) is 2.90. The number of carbonyl (C=O) groups is 2. The number of ether oxygens (including phenoxy) is 1. The number of rotatable bonds is 5. The van der Waals surface area contributed by atoms with Crippen LogP contribution in [0, 0.1) is 0 Å². The topological polar surface area (TPSA) is 55.4 Å². The van der Waals surface area contributed by atoms with Gasteiger partial charge in [-0.3, -0.25) is 4.79 Å². The molecule has 0 radical (unpaired) electrons. The van der Waals surface area contributed by atoms with Crippen LogP contribution in [0.5, 0.6) is 0 Å². The van der Waals surface area contributed by atoms with E-state index in [1.54, 1.807) is 0 Å². The van der Waals surface area contributed by atoms with Crippen LogP contribution in [-0.2, 0) is 9.53 Å². The fourth-order valence-electron chi connectivity index (χ4n) is 1.32. The highest BCUT2D eigenvalue weighted by atomic mass is 35.5. The third kappa shape index (κ3) is 4.73. The molecule has 0 saturated carbocycles. The van der Waals surface area contributed by atoms with Gasteiger partial charge in [0.25, 0.3) is 5.91 Å². The van der Waals surface area contributed by atoms with Gasteiger partial charge in [-0.25, -0.2) is 4.79 Å². The fraction of sp³-hybridized carbons (Fsp3) is 0.385. The Morgan fingerprint density at radius 3 is 2.63 bits per heavy atom. The number of benzene rings is 1. The van der Waals surface area contributed by atoms with Gasteiger partial charge in [-0.2, -0.15) is 0 Å². The van der Waals surface area contributed by atoms with Crippen LogP contribution in [0.25, 0.3) is 0 Å². The summed E-state index contributed by atoms with van der Waals surface area (Å²) in [6.07, 6.45) is -0.0547. The van der Waals surface area contributed by atoms with Crippen LogP contribution in [0.1, 0.15) is 30.6 Å². The Bertz CT molecular complexity index is 477. The monoisotopic (exact) mass is 303 g/mol. The normalized spacial score (nSPS) is 11.8. The number of halogens is 2. The molecule has 0 saturated heterocycles. The van der Waals surface area contributed by atoms with Crippen molar-refractivity contribution in [2.75, 3.05) is 6.54 Å². The Hall–Kier alpha value is -1.26. The number of hydrogen-bond donors (Lipinski definition) is 1. The van der Waals surface area contributed by atoms with Crippen molar-refractivity contribution in [3.63, 3.8) is 0 Å². The molecule has 19 heavy (non-hydrogen) atoms. The molecule has 4 nitrogen and oxygen atoms in total. The quantitative estimate of drug-likeness (QED) is 0.851. The summed E-state index contributed by atoms with van der Waals surface area (Å²) in [6.45, 7) is 3.99. The largest absolute Gasteiger partial charge is 0.449 e. The van der Waals surface area contributed by atoms with Crippen LogP contribution < -0.4 is 5.32 Å². The Balaban J connectivity index is 2.66. The molecule has 0 fully saturated rings. The first-order chi connectivity index (χ1) is 8.95. The van der Waals surface area contributed by atoms with Gasteiger partial charge in [-0.1, -0.05) is 30.1 Å². The van der Waals surface area contributed by atoms with E-state index >= 15 is 0 Å². The van der Waals surface area contributed by atoms with Gasteiger partial charge in [-0.05, 0) is 31.5 Å². The predicted molar refractivity (Wildman–Crippen MR) is 74.6 cm³/mol. The summed E-state index contributed by atoms with van der Waals surface area (Å²) < 4.78 is 5.04. The minimum Gasteiger partial charge on any atom is -0.449 e. The number of hydrogen-bond acceptors (Lipinski definition) is 3. The Kier molecular flexibility index (Phi) is 6.12. The van der Waals surface area contributed by atoms with Crippen molar-refractivity contribution >= 4 is 35.1 Å². The Labute approximate surface area is 122 Å². The smallest absolute Gasteiger partial charge is 0.340 e. The van der Waals surface area contributed by atoms with Gasteiger partial charge in [-0.15, -0.1) is 0 Å². The summed E-state index contributed by atoms with van der Waals surface area (Å²) in [7, 11) is 0. The van der Waals surface area contributed by atoms with Gasteiger partial charge in [0.15, 0.2) is 6.10 Å². The van der Waals surface area contributed by atoms with E-state index in [2.05, 4.69) is 5.32 Å². The standard InChI is InChI=1S/C13H15Cl2NO3/c1-3-6-16-12(17)8(2)19-13(18)10-5-4-9(14)7-11(10)15/h4-5,7-8H,3,6H2,1-2H3,(H,16,17)/t8-/m1/s1. The maximum Gasteiger partial charge on any atom is 0.340 e. The average molecular weight is 304 g/mol. The van der Waals surface area contributed by atoms with E-state index in [1.807, 2.05) is 6.92 Å². The second-order valence-corrected chi connectivity index (χ2v) is 4.81. The molecule has 0 aliphatic carbocycles. The fourth-order valence-corrected chi connectivity index (χ4v) is 1.81. The molecule has 0 aliphatic heterocycles. The Morgan fingerprint density at radius 2 is 2.05 bits per heavy atom. The summed E-state index contributed by atoms with van der Waals surface area (Å²) in [5.41, 5.74) is 0.182. The molecule has 0 bridgehead atoms. The van der Waals surface area contributed by atoms with Crippen molar-refractivity contribution in [3.05, 3.63) is 33.8 Å². The summed E-state index contributed by atoms with van der Waals surface area (Å²) >= 11 is 11.6. The van der Waals surface area contributed by atoms with Gasteiger partial charge >= 0.3 is 5.97 Å². The van der Waals surface area contributed by atoms with Crippen molar-refractivity contribution < 1.29 is 14.3 Å². The van der Waals surface area contributed by atoms with E-state index in [1.165, 1.54) is 25.1 Å². The second kappa shape index (κ2) is 7.36. The lowest BCUT2D eigenvalue weighted by molar-refractivity contribution is -0.129. The summed E-state index contributed by atoms with van der Waals surface area (Å²) in [4.78, 5) is 23.4. The molecule has 0 heterocycles. The van der Waals surface area contributed by atoms with Crippen molar-refractivity contribution in [2.45, 2.75) is 26.4 Å². The molecule has 1 rings (SSSR count). The number of amides is 1. The third-order valence-electron chi connectivity index (χ3n) is 2.35. The van der Waals surface area contributed by atoms with Crippen LogP contribution in [0.4, 0.5) is 0 Å². The molecule has 1 atom stereocenters. The number of carbonyl (C=O) groups excluding carboxylic acids is 2. The lowest BCUT2D eigenvalue weighted by Crippen LogP contribution is -2.36. The van der Waals surface area contributed by atoms with Crippen LogP contribution in [0.3, 0.4) is 0 Å². The van der Waals surface area contributed by atoms with E-state index in [4.69, 9.17) is 27.9 Å². The lowest BCUT2D eigenvalue weighted by Gasteiger charge is -2.13. The van der Waals surface area contributed by atoms with Gasteiger partial charge in [0.2, 0.25) is 0 Å². The van der Waals surface area contributed by atoms with Crippen molar-refractivity contribution in [2.24, 2.45) is 0 Å². The zero-order valence-electron chi connectivity index (χ0n) is 10.7. The van der Waals surface area contributed by atoms with Gasteiger partial charge < -0.3 is 10.1 Å². The maximum atomic E-state index is 11.8. The molecular formula is C13H15Cl2NO3. The molecule has 0 aromatic heterocycles. The highest BCUT2D eigenvalue weighted by Gasteiger charge is 2.20. The highest BCUT2D eigenvalue weighted by molar-refractivity contribution is 6.36. The molecule has 1 aromatic carbocycles. The van der Waals surface area contributed by atoms with E-state index in [9.17, 15) is 9.59 Å². The van der Waals surface area contributed by atoms with Crippen molar-refractivity contribution in [1.82, 2.24) is 5.32 Å². The molecule has 0 unspecified atom stereocenters. The first kappa shape index (κ1) is 15.8. The first-order valence-electron chi connectivity index (χ1n) is 5.89. The van der Waals surface area contributed by atoms with E-state index < -0.39 is 12.1 Å². The van der Waals surface area contributed by atoms with Crippen LogP contribution in [0.2, 0.25) is 10.0 Å². The molecule has 0 aliphatic rings. The zero-order valence-corrected chi connectivity index (χ0v) is 12.2. The van der Waals surface area contributed by atoms with E-state index in [0.717, 1.165) is 6.42 Å². The molecule has 0 spiro atoms. The van der Waals surface area contributed by atoms with Gasteiger partial charge in [0, 0.05) is 11.6 Å². The minimum absolute atomic E-state index is 0.182. The van der Waals surface area contributed by atoms with Crippen molar-refractivity contribution in [3.8, 4) is 0 Å². The van der Waals surface area contributed by atoms with Gasteiger partial charge in [0.1, 0.15) is 0 Å². The summed E-state index contributed by atoms with van der Waals surface area (Å²) in [6, 6.07) is 4.44. The van der Waals surface area contributed by atoms with Gasteiger partial charge in [0.05, 0.1) is 10.6 Å². The number of nitrogens with one attached hydrogen (secondary N) is 1. The summed E-state index contributed by atoms with van der Waals surface area (Å²) in [5.74, 6) is -0.985. The van der Waals surface area contributed by atoms with E-state index in [0.29, 0.717) is 11.6 Å². The first-order valence-corrected chi connectivity index (χ1v) is 6.65. The Morgan fingerprint density at radius 1 is 1.37 bits per heavy atom. The van der Waals surface area contributed by atoms with Crippen molar-refractivity contribution in [1.29, 1.82) is 0 Å². The molecule has 1 aromatic rings. The van der Waals surface area contributed by atoms with E-state index in [-0.39, 0.29) is 16.5 Å². The molecule has 104 valence electrons. The minimum atomic E-state index is -0.870. The number of esters is 1. The molecule has 1 amide bonds. The van der Waals surface area contributed by atoms with Crippen LogP contribution in [0.15, 0.2) is 18.2 Å². The second-order valence-electron chi connectivity index (χ2n) is 3.96. The molecule has 1 N–H and O–H groups in total. The molecular weight excluding hydrogens is 289 g/mol. The summed E-state index contributed by atoms with van der Waals surface area (Å²) in [5, 5.41) is 3.26. The lowest BCUT2D eigenvalue weighted by atomic mass is 10.2. The van der Waals surface area contributed by atoms with Crippen LogP contribution in [-0.4, -0.2) is 24.5 Å².